The average Bonchev–Trinajstić information content (AvgIpc) is 3.45. The molecule has 1 saturated heterocycles. The van der Waals surface area contributed by atoms with E-state index in [1.54, 1.807) is 6.92 Å². The predicted octanol–water partition coefficient (Wildman–Crippen LogP) is 3.94. The fourth-order valence-corrected chi connectivity index (χ4v) is 2.86. The lowest BCUT2D eigenvalue weighted by atomic mass is 9.78. The van der Waals surface area contributed by atoms with Crippen molar-refractivity contribution in [2.75, 3.05) is 19.8 Å². The zero-order valence-corrected chi connectivity index (χ0v) is 15.8. The van der Waals surface area contributed by atoms with Crippen LogP contribution in [0.5, 0.6) is 11.5 Å². The third-order valence-corrected chi connectivity index (χ3v) is 4.75. The van der Waals surface area contributed by atoms with Crippen LogP contribution in [0, 0.1) is 0 Å². The highest BCUT2D eigenvalue weighted by atomic mass is 16.6. The Hall–Kier alpha value is -2.04. The molecule has 2 aromatic rings. The molecule has 1 aliphatic heterocycles. The number of ether oxygens (including phenoxy) is 3. The minimum absolute atomic E-state index is 0.122. The molecule has 0 bridgehead atoms. The van der Waals surface area contributed by atoms with Crippen molar-refractivity contribution in [2.45, 2.75) is 44.8 Å². The Morgan fingerprint density at radius 3 is 1.96 bits per heavy atom. The van der Waals surface area contributed by atoms with Crippen LogP contribution < -0.4 is 9.47 Å². The van der Waals surface area contributed by atoms with Crippen LogP contribution in [0.15, 0.2) is 48.5 Å². The Bertz CT molecular complexity index is 685. The molecule has 0 aromatic heterocycles. The number of aliphatic hydroxyl groups is 1. The highest BCUT2D eigenvalue weighted by Gasteiger charge is 2.24. The third-order valence-electron chi connectivity index (χ3n) is 4.75. The summed E-state index contributed by atoms with van der Waals surface area (Å²) in [5, 5.41) is 9.31. The van der Waals surface area contributed by atoms with Gasteiger partial charge in [0.2, 0.25) is 0 Å². The maximum absolute atomic E-state index is 9.31. The minimum atomic E-state index is -0.469. The van der Waals surface area contributed by atoms with E-state index in [0.717, 1.165) is 24.5 Å². The van der Waals surface area contributed by atoms with Crippen LogP contribution in [0.4, 0.5) is 0 Å². The van der Waals surface area contributed by atoms with Crippen molar-refractivity contribution in [2.24, 2.45) is 0 Å². The first-order valence-electron chi connectivity index (χ1n) is 9.21. The van der Waals surface area contributed by atoms with Gasteiger partial charge in [-0.15, -0.1) is 0 Å². The molecule has 1 N–H and O–H groups in total. The SMILES string of the molecule is CC(O)COc1ccc(C(C)(C)c2ccc(OCCC3CO3)cc2)cc1. The highest BCUT2D eigenvalue weighted by Crippen LogP contribution is 2.33. The summed E-state index contributed by atoms with van der Waals surface area (Å²) in [6, 6.07) is 16.4. The number of epoxide rings is 1. The number of hydrogen-bond acceptors (Lipinski definition) is 4. The summed E-state index contributed by atoms with van der Waals surface area (Å²) in [4.78, 5) is 0. The van der Waals surface area contributed by atoms with E-state index >= 15 is 0 Å². The summed E-state index contributed by atoms with van der Waals surface area (Å²) in [6.07, 6.45) is 0.890. The lowest BCUT2D eigenvalue weighted by Crippen LogP contribution is -2.19. The zero-order chi connectivity index (χ0) is 18.6. The molecule has 140 valence electrons. The normalized spacial score (nSPS) is 17.6. The second-order valence-corrected chi connectivity index (χ2v) is 7.43. The second kappa shape index (κ2) is 8.11. The Morgan fingerprint density at radius 1 is 1.00 bits per heavy atom. The smallest absolute Gasteiger partial charge is 0.119 e. The molecule has 0 radical (unpaired) electrons. The topological polar surface area (TPSA) is 51.2 Å². The van der Waals surface area contributed by atoms with Gasteiger partial charge in [-0.25, -0.2) is 0 Å². The molecule has 4 heteroatoms. The molecular weight excluding hydrogens is 328 g/mol. The maximum atomic E-state index is 9.31. The van der Waals surface area contributed by atoms with Crippen LogP contribution in [0.1, 0.15) is 38.3 Å². The molecule has 1 aliphatic rings. The molecule has 4 nitrogen and oxygen atoms in total. The van der Waals surface area contributed by atoms with Gasteiger partial charge < -0.3 is 19.3 Å². The zero-order valence-electron chi connectivity index (χ0n) is 15.8. The molecule has 1 fully saturated rings. The van der Waals surface area contributed by atoms with E-state index in [-0.39, 0.29) is 5.41 Å². The number of aliphatic hydroxyl groups excluding tert-OH is 1. The van der Waals surface area contributed by atoms with Gasteiger partial charge in [-0.05, 0) is 42.3 Å². The monoisotopic (exact) mass is 356 g/mol. The molecule has 2 unspecified atom stereocenters. The Labute approximate surface area is 155 Å². The lowest BCUT2D eigenvalue weighted by Gasteiger charge is -2.26. The molecule has 3 rings (SSSR count). The van der Waals surface area contributed by atoms with Crippen molar-refractivity contribution in [3.05, 3.63) is 59.7 Å². The molecule has 2 aromatic carbocycles. The van der Waals surface area contributed by atoms with Crippen molar-refractivity contribution in [1.29, 1.82) is 0 Å². The third kappa shape index (κ3) is 4.99. The summed E-state index contributed by atoms with van der Waals surface area (Å²) >= 11 is 0. The fraction of sp³-hybridized carbons (Fsp3) is 0.455. The number of hydrogen-bond donors (Lipinski definition) is 1. The Morgan fingerprint density at radius 2 is 1.50 bits per heavy atom. The van der Waals surface area contributed by atoms with Crippen LogP contribution >= 0.6 is 0 Å². The van der Waals surface area contributed by atoms with Gasteiger partial charge in [-0.1, -0.05) is 38.1 Å². The van der Waals surface area contributed by atoms with Crippen molar-refractivity contribution in [3.63, 3.8) is 0 Å². The molecule has 2 atom stereocenters. The summed E-state index contributed by atoms with van der Waals surface area (Å²) in [5.74, 6) is 1.67. The first-order chi connectivity index (χ1) is 12.4. The van der Waals surface area contributed by atoms with Gasteiger partial charge in [0.15, 0.2) is 0 Å². The van der Waals surface area contributed by atoms with Crippen molar-refractivity contribution in [3.8, 4) is 11.5 Å². The second-order valence-electron chi connectivity index (χ2n) is 7.43. The van der Waals surface area contributed by atoms with Crippen LogP contribution in [0.3, 0.4) is 0 Å². The Balaban J connectivity index is 1.62. The molecule has 0 amide bonds. The summed E-state index contributed by atoms with van der Waals surface area (Å²) in [5.41, 5.74) is 2.32. The first kappa shape index (κ1) is 18.7. The van der Waals surface area contributed by atoms with E-state index in [2.05, 4.69) is 38.1 Å². The quantitative estimate of drug-likeness (QED) is 0.692. The van der Waals surface area contributed by atoms with Crippen LogP contribution in [-0.2, 0) is 10.2 Å². The molecule has 26 heavy (non-hydrogen) atoms. The van der Waals surface area contributed by atoms with Crippen LogP contribution in [0.25, 0.3) is 0 Å². The molecule has 0 aliphatic carbocycles. The highest BCUT2D eigenvalue weighted by molar-refractivity contribution is 5.41. The van der Waals surface area contributed by atoms with Crippen LogP contribution in [0.2, 0.25) is 0 Å². The maximum Gasteiger partial charge on any atom is 0.119 e. The Kier molecular flexibility index (Phi) is 5.84. The van der Waals surface area contributed by atoms with Gasteiger partial charge in [0.1, 0.15) is 18.1 Å². The van der Waals surface area contributed by atoms with Crippen LogP contribution in [-0.4, -0.2) is 37.1 Å². The summed E-state index contributed by atoms with van der Waals surface area (Å²) < 4.78 is 16.5. The number of rotatable bonds is 9. The first-order valence-corrected chi connectivity index (χ1v) is 9.21. The standard InChI is InChI=1S/C22H28O4/c1-16(23)14-25-20-10-6-18(7-11-20)22(2,3)17-4-8-19(9-5-17)24-13-12-21-15-26-21/h4-11,16,21,23H,12-15H2,1-3H3. The number of benzene rings is 2. The van der Waals surface area contributed by atoms with E-state index in [9.17, 15) is 5.11 Å². The summed E-state index contributed by atoms with van der Waals surface area (Å²) in [6.45, 7) is 8.00. The lowest BCUT2D eigenvalue weighted by molar-refractivity contribution is 0.122. The van der Waals surface area contributed by atoms with Gasteiger partial charge in [0.05, 0.1) is 25.4 Å². The van der Waals surface area contributed by atoms with Gasteiger partial charge >= 0.3 is 0 Å². The van der Waals surface area contributed by atoms with E-state index in [4.69, 9.17) is 14.2 Å². The molecular formula is C22H28O4. The largest absolute Gasteiger partial charge is 0.493 e. The molecule has 1 heterocycles. The van der Waals surface area contributed by atoms with Gasteiger partial charge in [-0.2, -0.15) is 0 Å². The van der Waals surface area contributed by atoms with Crippen molar-refractivity contribution in [1.82, 2.24) is 0 Å². The van der Waals surface area contributed by atoms with E-state index < -0.39 is 6.10 Å². The average molecular weight is 356 g/mol. The predicted molar refractivity (Wildman–Crippen MR) is 102 cm³/mol. The summed E-state index contributed by atoms with van der Waals surface area (Å²) in [7, 11) is 0. The van der Waals surface area contributed by atoms with E-state index in [1.165, 1.54) is 11.1 Å². The molecule has 0 spiro atoms. The van der Waals surface area contributed by atoms with Gasteiger partial charge in [0.25, 0.3) is 0 Å². The van der Waals surface area contributed by atoms with Crippen molar-refractivity contribution < 1.29 is 19.3 Å². The fourth-order valence-electron chi connectivity index (χ4n) is 2.86. The molecule has 0 saturated carbocycles. The van der Waals surface area contributed by atoms with Gasteiger partial charge in [0, 0.05) is 11.8 Å². The van der Waals surface area contributed by atoms with E-state index in [0.29, 0.717) is 19.3 Å². The van der Waals surface area contributed by atoms with Gasteiger partial charge in [-0.3, -0.25) is 0 Å². The van der Waals surface area contributed by atoms with Crippen molar-refractivity contribution >= 4 is 0 Å². The van der Waals surface area contributed by atoms with E-state index in [1.807, 2.05) is 24.3 Å². The minimum Gasteiger partial charge on any atom is -0.493 e.